The number of aliphatic hydroxyl groups excluding tert-OH is 1. The van der Waals surface area contributed by atoms with Crippen molar-refractivity contribution in [2.45, 2.75) is 45.1 Å². The molecule has 0 aliphatic carbocycles. The third-order valence-electron chi connectivity index (χ3n) is 4.11. The lowest BCUT2D eigenvalue weighted by Gasteiger charge is -2.31. The molecule has 0 aromatic rings. The van der Waals surface area contributed by atoms with Gasteiger partial charge in [-0.3, -0.25) is 4.84 Å². The van der Waals surface area contributed by atoms with E-state index < -0.39 is 0 Å². The monoisotopic (exact) mass is 256 g/mol. The average Bonchev–Trinajstić information content (AvgIpc) is 2.39. The Balaban J connectivity index is 1.57. The zero-order chi connectivity index (χ0) is 12.8. The van der Waals surface area contributed by atoms with Gasteiger partial charge in [0.15, 0.2) is 0 Å². The van der Waals surface area contributed by atoms with E-state index in [1.54, 1.807) is 0 Å². The number of nitrogens with zero attached hydrogens (tertiary/aromatic N) is 2. The fourth-order valence-electron chi connectivity index (χ4n) is 2.80. The van der Waals surface area contributed by atoms with Gasteiger partial charge in [0.1, 0.15) is 0 Å². The minimum Gasteiger partial charge on any atom is -0.389 e. The van der Waals surface area contributed by atoms with E-state index in [2.05, 4.69) is 11.8 Å². The SMILES string of the molecule is CC1CCN(OC[C@@H](O)CN2CCCCC2)CC1. The van der Waals surface area contributed by atoms with E-state index >= 15 is 0 Å². The molecule has 1 atom stereocenters. The molecule has 18 heavy (non-hydrogen) atoms. The van der Waals surface area contributed by atoms with Gasteiger partial charge in [0.2, 0.25) is 0 Å². The summed E-state index contributed by atoms with van der Waals surface area (Å²) in [7, 11) is 0. The summed E-state index contributed by atoms with van der Waals surface area (Å²) >= 11 is 0. The van der Waals surface area contributed by atoms with Crippen LogP contribution in [0.15, 0.2) is 0 Å². The maximum Gasteiger partial charge on any atom is 0.0957 e. The van der Waals surface area contributed by atoms with Crippen LogP contribution in [-0.2, 0) is 4.84 Å². The molecule has 2 rings (SSSR count). The molecule has 0 aromatic carbocycles. The topological polar surface area (TPSA) is 35.9 Å². The molecule has 0 saturated carbocycles. The number of rotatable bonds is 5. The number of hydroxylamine groups is 2. The zero-order valence-corrected chi connectivity index (χ0v) is 11.7. The summed E-state index contributed by atoms with van der Waals surface area (Å²) in [5.41, 5.74) is 0. The van der Waals surface area contributed by atoms with Crippen LogP contribution in [0.5, 0.6) is 0 Å². The molecule has 0 radical (unpaired) electrons. The molecule has 0 amide bonds. The van der Waals surface area contributed by atoms with Crippen LogP contribution in [0, 0.1) is 5.92 Å². The highest BCUT2D eigenvalue weighted by Gasteiger charge is 2.19. The van der Waals surface area contributed by atoms with E-state index in [1.807, 2.05) is 5.06 Å². The second-order valence-corrected chi connectivity index (χ2v) is 5.92. The van der Waals surface area contributed by atoms with Crippen molar-refractivity contribution in [3.8, 4) is 0 Å². The number of likely N-dealkylation sites (tertiary alicyclic amines) is 1. The van der Waals surface area contributed by atoms with Crippen molar-refractivity contribution in [2.24, 2.45) is 5.92 Å². The summed E-state index contributed by atoms with van der Waals surface area (Å²) in [4.78, 5) is 8.05. The van der Waals surface area contributed by atoms with Gasteiger partial charge in [0.05, 0.1) is 12.7 Å². The quantitative estimate of drug-likeness (QED) is 0.808. The average molecular weight is 256 g/mol. The lowest BCUT2D eigenvalue weighted by Crippen LogP contribution is -2.41. The highest BCUT2D eigenvalue weighted by Crippen LogP contribution is 2.16. The molecule has 4 heteroatoms. The Kier molecular flexibility index (Phi) is 5.89. The number of hydrogen-bond donors (Lipinski definition) is 1. The first-order chi connectivity index (χ1) is 8.74. The molecular formula is C14H28N2O2. The molecule has 2 aliphatic rings. The summed E-state index contributed by atoms with van der Waals surface area (Å²) in [6.45, 7) is 7.81. The van der Waals surface area contributed by atoms with E-state index in [0.29, 0.717) is 6.61 Å². The van der Waals surface area contributed by atoms with E-state index in [-0.39, 0.29) is 6.10 Å². The van der Waals surface area contributed by atoms with Crippen molar-refractivity contribution < 1.29 is 9.94 Å². The van der Waals surface area contributed by atoms with Crippen LogP contribution in [0.25, 0.3) is 0 Å². The highest BCUT2D eigenvalue weighted by atomic mass is 16.7. The maximum atomic E-state index is 9.99. The minimum absolute atomic E-state index is 0.345. The summed E-state index contributed by atoms with van der Waals surface area (Å²) in [6.07, 6.45) is 5.97. The third kappa shape index (κ3) is 4.84. The zero-order valence-electron chi connectivity index (χ0n) is 11.7. The first kappa shape index (κ1) is 14.3. The molecule has 0 unspecified atom stereocenters. The molecule has 0 spiro atoms. The predicted octanol–water partition coefficient (Wildman–Crippen LogP) is 1.50. The molecule has 2 saturated heterocycles. The number of β-amino-alcohol motifs (C(OH)–C–C–N with tert-alkyl or cyclic N) is 1. The Bertz CT molecular complexity index is 224. The van der Waals surface area contributed by atoms with Crippen LogP contribution in [0.4, 0.5) is 0 Å². The standard InChI is InChI=1S/C14H28N2O2/c1-13-5-9-16(10-6-13)18-12-14(17)11-15-7-3-2-4-8-15/h13-14,17H,2-12H2,1H3/t14-/m0/s1. The van der Waals surface area contributed by atoms with E-state index in [9.17, 15) is 5.11 Å². The fraction of sp³-hybridized carbons (Fsp3) is 1.00. The van der Waals surface area contributed by atoms with Gasteiger partial charge in [-0.25, -0.2) is 0 Å². The Labute approximate surface area is 111 Å². The molecule has 2 aliphatic heterocycles. The van der Waals surface area contributed by atoms with Crippen molar-refractivity contribution in [3.05, 3.63) is 0 Å². The molecule has 2 fully saturated rings. The fourth-order valence-corrected chi connectivity index (χ4v) is 2.80. The number of hydrogen-bond acceptors (Lipinski definition) is 4. The van der Waals surface area contributed by atoms with Crippen molar-refractivity contribution in [2.75, 3.05) is 39.3 Å². The lowest BCUT2D eigenvalue weighted by atomic mass is 10.0. The lowest BCUT2D eigenvalue weighted by molar-refractivity contribution is -0.192. The molecular weight excluding hydrogens is 228 g/mol. The van der Waals surface area contributed by atoms with Crippen LogP contribution >= 0.6 is 0 Å². The number of piperidine rings is 2. The van der Waals surface area contributed by atoms with Crippen molar-refractivity contribution in [3.63, 3.8) is 0 Å². The van der Waals surface area contributed by atoms with Gasteiger partial charge in [0, 0.05) is 19.6 Å². The van der Waals surface area contributed by atoms with E-state index in [0.717, 1.165) is 38.6 Å². The first-order valence-electron chi connectivity index (χ1n) is 7.52. The Hall–Kier alpha value is -0.160. The highest BCUT2D eigenvalue weighted by molar-refractivity contribution is 4.69. The van der Waals surface area contributed by atoms with E-state index in [4.69, 9.17) is 4.84 Å². The van der Waals surface area contributed by atoms with Crippen molar-refractivity contribution >= 4 is 0 Å². The summed E-state index contributed by atoms with van der Waals surface area (Å²) in [5.74, 6) is 0.822. The summed E-state index contributed by atoms with van der Waals surface area (Å²) in [5, 5.41) is 12.0. The Morgan fingerprint density at radius 1 is 1.11 bits per heavy atom. The van der Waals surface area contributed by atoms with Crippen LogP contribution < -0.4 is 0 Å². The molecule has 2 heterocycles. The smallest absolute Gasteiger partial charge is 0.0957 e. The van der Waals surface area contributed by atoms with Crippen molar-refractivity contribution in [1.29, 1.82) is 0 Å². The van der Waals surface area contributed by atoms with Gasteiger partial charge in [-0.2, -0.15) is 5.06 Å². The molecule has 106 valence electrons. The minimum atomic E-state index is -0.345. The van der Waals surface area contributed by atoms with Gasteiger partial charge >= 0.3 is 0 Å². The Morgan fingerprint density at radius 3 is 2.44 bits per heavy atom. The molecule has 0 aromatic heterocycles. The maximum absolute atomic E-state index is 9.99. The summed E-state index contributed by atoms with van der Waals surface area (Å²) in [6, 6.07) is 0. The Morgan fingerprint density at radius 2 is 1.78 bits per heavy atom. The van der Waals surface area contributed by atoms with Gasteiger partial charge in [-0.1, -0.05) is 13.3 Å². The van der Waals surface area contributed by atoms with Crippen molar-refractivity contribution in [1.82, 2.24) is 9.96 Å². The molecule has 4 nitrogen and oxygen atoms in total. The molecule has 0 bridgehead atoms. The van der Waals surface area contributed by atoms with E-state index in [1.165, 1.54) is 32.1 Å². The van der Waals surface area contributed by atoms with Crippen LogP contribution in [0.3, 0.4) is 0 Å². The second kappa shape index (κ2) is 7.43. The predicted molar refractivity (Wildman–Crippen MR) is 72.2 cm³/mol. The van der Waals surface area contributed by atoms with Gasteiger partial charge < -0.3 is 10.0 Å². The van der Waals surface area contributed by atoms with Gasteiger partial charge in [0.25, 0.3) is 0 Å². The normalized spacial score (nSPS) is 26.3. The first-order valence-corrected chi connectivity index (χ1v) is 7.52. The largest absolute Gasteiger partial charge is 0.389 e. The van der Waals surface area contributed by atoms with Crippen LogP contribution in [0.2, 0.25) is 0 Å². The second-order valence-electron chi connectivity index (χ2n) is 5.92. The van der Waals surface area contributed by atoms with Gasteiger partial charge in [-0.05, 0) is 44.7 Å². The summed E-state index contributed by atoms with van der Waals surface area (Å²) < 4.78 is 0. The molecule has 1 N–H and O–H groups in total. The van der Waals surface area contributed by atoms with Crippen LogP contribution in [-0.4, -0.2) is 60.5 Å². The number of aliphatic hydroxyl groups is 1. The van der Waals surface area contributed by atoms with Crippen LogP contribution in [0.1, 0.15) is 39.0 Å². The third-order valence-corrected chi connectivity index (χ3v) is 4.11. The van der Waals surface area contributed by atoms with Gasteiger partial charge in [-0.15, -0.1) is 0 Å².